The first-order chi connectivity index (χ1) is 14.6. The summed E-state index contributed by atoms with van der Waals surface area (Å²) in [6.45, 7) is 4.19. The summed E-state index contributed by atoms with van der Waals surface area (Å²) in [5.74, 6) is -1.32. The zero-order chi connectivity index (χ0) is 22.2. The molecule has 2 atom stereocenters. The molecule has 2 aromatic heterocycles. The van der Waals surface area contributed by atoms with Crippen LogP contribution in [-0.4, -0.2) is 34.8 Å². The normalized spacial score (nSPS) is 23.7. The van der Waals surface area contributed by atoms with Crippen molar-refractivity contribution in [1.29, 1.82) is 0 Å². The van der Waals surface area contributed by atoms with E-state index in [1.54, 1.807) is 12.1 Å². The molecule has 1 aromatic carbocycles. The Morgan fingerprint density at radius 1 is 1.10 bits per heavy atom. The maximum atomic E-state index is 14.3. The third kappa shape index (κ3) is 2.62. The fourth-order valence-electron chi connectivity index (χ4n) is 5.51. The molecule has 6 nitrogen and oxygen atoms in total. The molecule has 160 valence electrons. The number of benzene rings is 1. The van der Waals surface area contributed by atoms with Crippen LogP contribution in [0.2, 0.25) is 0 Å². The molecule has 0 aliphatic heterocycles. The number of hydrogen-bond acceptors (Lipinski definition) is 6. The lowest BCUT2D eigenvalue weighted by atomic mass is 9.66. The summed E-state index contributed by atoms with van der Waals surface area (Å²) < 4.78 is 52.8. The highest BCUT2D eigenvalue weighted by Crippen LogP contribution is 2.69. The lowest BCUT2D eigenvalue weighted by molar-refractivity contribution is 0.241. The fourth-order valence-corrected chi connectivity index (χ4v) is 6.03. The first-order valence-electron chi connectivity index (χ1n) is 9.93. The minimum atomic E-state index is -3.58. The average Bonchev–Trinajstić information content (AvgIpc) is 3.09. The minimum absolute atomic E-state index is 0.0724. The number of hydrogen-bond donors (Lipinski definition) is 0. The Morgan fingerprint density at radius 3 is 2.48 bits per heavy atom. The van der Waals surface area contributed by atoms with Crippen LogP contribution in [0, 0.1) is 17.0 Å². The SMILES string of the molecule is CC1(C)[C@H]2CC[C@@]1(c1ccnc(S(C)(=O)=O)n1)c1nnc(-c3c(F)cccc3F)cc12. The van der Waals surface area contributed by atoms with Crippen LogP contribution in [0.5, 0.6) is 0 Å². The van der Waals surface area contributed by atoms with E-state index in [1.165, 1.54) is 24.4 Å². The number of nitrogens with zero attached hydrogens (tertiary/aromatic N) is 4. The lowest BCUT2D eigenvalue weighted by Crippen LogP contribution is -2.38. The summed E-state index contributed by atoms with van der Waals surface area (Å²) in [7, 11) is -3.58. The molecule has 5 rings (SSSR count). The lowest BCUT2D eigenvalue weighted by Gasteiger charge is -2.37. The van der Waals surface area contributed by atoms with Gasteiger partial charge in [-0.3, -0.25) is 0 Å². The second-order valence-corrected chi connectivity index (χ2v) is 10.8. The van der Waals surface area contributed by atoms with E-state index in [9.17, 15) is 17.2 Å². The van der Waals surface area contributed by atoms with Crippen molar-refractivity contribution in [3.8, 4) is 11.3 Å². The first kappa shape index (κ1) is 20.1. The van der Waals surface area contributed by atoms with Gasteiger partial charge in [0.2, 0.25) is 15.0 Å². The number of rotatable bonds is 3. The molecule has 2 aliphatic carbocycles. The van der Waals surface area contributed by atoms with Crippen LogP contribution in [0.15, 0.2) is 41.7 Å². The van der Waals surface area contributed by atoms with Crippen LogP contribution in [-0.2, 0) is 15.3 Å². The molecule has 0 radical (unpaired) electrons. The summed E-state index contributed by atoms with van der Waals surface area (Å²) in [5.41, 5.74) is 1.08. The van der Waals surface area contributed by atoms with E-state index in [1.807, 2.05) is 0 Å². The molecular weight excluding hydrogens is 422 g/mol. The predicted molar refractivity (Wildman–Crippen MR) is 109 cm³/mol. The first-order valence-corrected chi connectivity index (χ1v) is 11.8. The number of halogens is 2. The van der Waals surface area contributed by atoms with E-state index in [2.05, 4.69) is 34.0 Å². The highest BCUT2D eigenvalue weighted by molar-refractivity contribution is 7.90. The number of sulfone groups is 1. The van der Waals surface area contributed by atoms with Crippen molar-refractivity contribution in [2.75, 3.05) is 6.26 Å². The predicted octanol–water partition coefficient (Wildman–Crippen LogP) is 3.82. The molecule has 0 saturated heterocycles. The molecule has 3 aromatic rings. The van der Waals surface area contributed by atoms with Gasteiger partial charge in [0.05, 0.1) is 28.1 Å². The van der Waals surface area contributed by atoms with Gasteiger partial charge in [0, 0.05) is 12.5 Å². The van der Waals surface area contributed by atoms with Gasteiger partial charge < -0.3 is 0 Å². The van der Waals surface area contributed by atoms with Crippen LogP contribution in [0.4, 0.5) is 8.78 Å². The molecule has 9 heteroatoms. The molecule has 2 heterocycles. The van der Waals surface area contributed by atoms with Crippen molar-refractivity contribution in [1.82, 2.24) is 20.2 Å². The summed E-state index contributed by atoms with van der Waals surface area (Å²) in [6.07, 6.45) is 4.07. The summed E-state index contributed by atoms with van der Waals surface area (Å²) >= 11 is 0. The zero-order valence-electron chi connectivity index (χ0n) is 17.2. The third-order valence-electron chi connectivity index (χ3n) is 7.00. The van der Waals surface area contributed by atoms with Crippen molar-refractivity contribution in [2.24, 2.45) is 5.41 Å². The smallest absolute Gasteiger partial charge is 0.227 e. The summed E-state index contributed by atoms with van der Waals surface area (Å²) in [4.78, 5) is 8.33. The fraction of sp³-hybridized carbons (Fsp3) is 0.364. The zero-order valence-corrected chi connectivity index (χ0v) is 18.0. The van der Waals surface area contributed by atoms with Crippen molar-refractivity contribution in [2.45, 2.75) is 43.2 Å². The second-order valence-electron chi connectivity index (χ2n) is 8.85. The average molecular weight is 442 g/mol. The Kier molecular flexibility index (Phi) is 4.12. The van der Waals surface area contributed by atoms with Gasteiger partial charge in [0.15, 0.2) is 0 Å². The Morgan fingerprint density at radius 2 is 1.81 bits per heavy atom. The van der Waals surface area contributed by atoms with Crippen molar-refractivity contribution >= 4 is 9.84 Å². The van der Waals surface area contributed by atoms with E-state index in [-0.39, 0.29) is 27.7 Å². The Labute approximate surface area is 178 Å². The van der Waals surface area contributed by atoms with Crippen LogP contribution < -0.4 is 0 Å². The summed E-state index contributed by atoms with van der Waals surface area (Å²) in [5, 5.41) is 8.39. The standard InChI is InChI=1S/C22H20F2N4O2S/c1-21(2)13-7-9-22(21,17-8-10-25-20(26-17)31(3,29)30)19-12(13)11-16(27-28-19)18-14(23)5-4-6-15(18)24/h4-6,8,10-11,13H,7,9H2,1-3H3/t13-,22+/m0/s1. The van der Waals surface area contributed by atoms with Crippen molar-refractivity contribution < 1.29 is 17.2 Å². The molecule has 0 unspecified atom stereocenters. The largest absolute Gasteiger partial charge is 0.247 e. The molecule has 0 spiro atoms. The van der Waals surface area contributed by atoms with Crippen LogP contribution in [0.25, 0.3) is 11.3 Å². The molecule has 1 fully saturated rings. The quantitative estimate of drug-likeness (QED) is 0.574. The van der Waals surface area contributed by atoms with Gasteiger partial charge in [0.25, 0.3) is 0 Å². The minimum Gasteiger partial charge on any atom is -0.227 e. The summed E-state index contributed by atoms with van der Waals surface area (Å²) in [6, 6.07) is 7.14. The molecule has 2 aliphatic rings. The van der Waals surface area contributed by atoms with Crippen LogP contribution >= 0.6 is 0 Å². The van der Waals surface area contributed by atoms with E-state index < -0.39 is 26.9 Å². The van der Waals surface area contributed by atoms with Gasteiger partial charge in [0.1, 0.15) is 11.6 Å². The van der Waals surface area contributed by atoms with E-state index >= 15 is 0 Å². The number of aromatic nitrogens is 4. The molecular formula is C22H20F2N4O2S. The Hall–Kier alpha value is -2.81. The van der Waals surface area contributed by atoms with Crippen LogP contribution in [0.1, 0.15) is 49.6 Å². The molecule has 2 bridgehead atoms. The molecule has 0 amide bonds. The monoisotopic (exact) mass is 442 g/mol. The van der Waals surface area contributed by atoms with Crippen molar-refractivity contribution in [3.63, 3.8) is 0 Å². The Balaban J connectivity index is 1.73. The van der Waals surface area contributed by atoms with Gasteiger partial charge in [-0.1, -0.05) is 19.9 Å². The maximum Gasteiger partial charge on any atom is 0.247 e. The van der Waals surface area contributed by atoms with Crippen molar-refractivity contribution in [3.05, 3.63) is 65.1 Å². The van der Waals surface area contributed by atoms with Gasteiger partial charge in [-0.15, -0.1) is 5.10 Å². The van der Waals surface area contributed by atoms with Gasteiger partial charge in [-0.05, 0) is 54.0 Å². The van der Waals surface area contributed by atoms with E-state index in [4.69, 9.17) is 0 Å². The topological polar surface area (TPSA) is 85.7 Å². The highest BCUT2D eigenvalue weighted by atomic mass is 32.2. The molecule has 1 saturated carbocycles. The van der Waals surface area contributed by atoms with Gasteiger partial charge in [-0.25, -0.2) is 27.2 Å². The third-order valence-corrected chi connectivity index (χ3v) is 7.86. The maximum absolute atomic E-state index is 14.3. The van der Waals surface area contributed by atoms with Crippen LogP contribution in [0.3, 0.4) is 0 Å². The van der Waals surface area contributed by atoms with Gasteiger partial charge in [-0.2, -0.15) is 5.10 Å². The molecule has 0 N–H and O–H groups in total. The number of fused-ring (bicyclic) bond motifs is 5. The van der Waals surface area contributed by atoms with Gasteiger partial charge >= 0.3 is 0 Å². The highest BCUT2D eigenvalue weighted by Gasteiger charge is 2.65. The Bertz CT molecular complexity index is 1320. The second kappa shape index (κ2) is 6.35. The molecule has 31 heavy (non-hydrogen) atoms. The van der Waals surface area contributed by atoms with E-state index in [0.29, 0.717) is 11.4 Å². The van der Waals surface area contributed by atoms with E-state index in [0.717, 1.165) is 24.7 Å².